The highest BCUT2D eigenvalue weighted by Crippen LogP contribution is 2.24. The number of nitrogens with one attached hydrogen (secondary N) is 2. The van der Waals surface area contributed by atoms with Gasteiger partial charge in [0.2, 0.25) is 10.0 Å². The van der Waals surface area contributed by atoms with Crippen LogP contribution in [0.4, 0.5) is 5.69 Å². The van der Waals surface area contributed by atoms with Gasteiger partial charge in [0.15, 0.2) is 0 Å². The van der Waals surface area contributed by atoms with Crippen molar-refractivity contribution in [3.8, 4) is 0 Å². The van der Waals surface area contributed by atoms with Gasteiger partial charge in [-0.2, -0.15) is 0 Å². The molecule has 2 N–H and O–H groups in total. The molecular formula is C17H23N3O3S. The van der Waals surface area contributed by atoms with E-state index in [1.165, 1.54) is 0 Å². The van der Waals surface area contributed by atoms with Crippen LogP contribution in [-0.2, 0) is 10.0 Å². The van der Waals surface area contributed by atoms with Crippen molar-refractivity contribution >= 4 is 21.6 Å². The summed E-state index contributed by atoms with van der Waals surface area (Å²) in [4.78, 5) is 12.5. The molecular weight excluding hydrogens is 326 g/mol. The number of sulfonamides is 1. The first-order valence-corrected chi connectivity index (χ1v) is 9.62. The van der Waals surface area contributed by atoms with Gasteiger partial charge in [0.25, 0.3) is 5.91 Å². The molecule has 0 spiro atoms. The third-order valence-electron chi connectivity index (χ3n) is 3.64. The Hall–Kier alpha value is -2.28. The molecule has 1 aromatic heterocycles. The van der Waals surface area contributed by atoms with Gasteiger partial charge in [-0.3, -0.25) is 9.52 Å². The summed E-state index contributed by atoms with van der Waals surface area (Å²) in [6.07, 6.45) is 2.96. The standard InChI is InChI=1S/C17H23N3O3S/c1-12(2)20-11-7-10-16(20)17(21)18-13(3)14-8-5-6-9-15(14)19-24(4,22)23/h5-13,19H,1-4H3,(H,18,21)/t13-/m1/s1. The van der Waals surface area contributed by atoms with Crippen LogP contribution in [0.5, 0.6) is 0 Å². The number of carbonyl (C=O) groups excluding carboxylic acids is 1. The lowest BCUT2D eigenvalue weighted by molar-refractivity contribution is 0.0929. The van der Waals surface area contributed by atoms with Crippen LogP contribution in [0, 0.1) is 0 Å². The van der Waals surface area contributed by atoms with Crippen molar-refractivity contribution < 1.29 is 13.2 Å². The minimum atomic E-state index is -3.39. The number of hydrogen-bond acceptors (Lipinski definition) is 3. The number of rotatable bonds is 6. The molecule has 6 nitrogen and oxygen atoms in total. The topological polar surface area (TPSA) is 80.2 Å². The van der Waals surface area contributed by atoms with Gasteiger partial charge in [0, 0.05) is 12.2 Å². The highest BCUT2D eigenvalue weighted by molar-refractivity contribution is 7.92. The van der Waals surface area contributed by atoms with Crippen LogP contribution in [0.3, 0.4) is 0 Å². The van der Waals surface area contributed by atoms with Crippen LogP contribution in [0.25, 0.3) is 0 Å². The number of hydrogen-bond donors (Lipinski definition) is 2. The Balaban J connectivity index is 2.22. The van der Waals surface area contributed by atoms with E-state index in [9.17, 15) is 13.2 Å². The zero-order chi connectivity index (χ0) is 17.9. The molecule has 0 aliphatic heterocycles. The molecule has 1 aromatic carbocycles. The zero-order valence-corrected chi connectivity index (χ0v) is 15.1. The number of amides is 1. The molecule has 0 aliphatic rings. The van der Waals surface area contributed by atoms with Crippen LogP contribution in [0.1, 0.15) is 48.9 Å². The van der Waals surface area contributed by atoms with Crippen molar-refractivity contribution in [2.75, 3.05) is 11.0 Å². The maximum Gasteiger partial charge on any atom is 0.268 e. The highest BCUT2D eigenvalue weighted by Gasteiger charge is 2.18. The molecule has 2 aromatic rings. The molecule has 1 heterocycles. The third-order valence-corrected chi connectivity index (χ3v) is 4.23. The number of carbonyl (C=O) groups is 1. The number of benzene rings is 1. The molecule has 0 aliphatic carbocycles. The number of aromatic nitrogens is 1. The van der Waals surface area contributed by atoms with E-state index in [0.29, 0.717) is 16.9 Å². The van der Waals surface area contributed by atoms with E-state index >= 15 is 0 Å². The fourth-order valence-electron chi connectivity index (χ4n) is 2.55. The van der Waals surface area contributed by atoms with Crippen molar-refractivity contribution in [3.63, 3.8) is 0 Å². The molecule has 7 heteroatoms. The van der Waals surface area contributed by atoms with Crippen molar-refractivity contribution in [2.45, 2.75) is 32.9 Å². The Morgan fingerprint density at radius 2 is 1.75 bits per heavy atom. The van der Waals surface area contributed by atoms with Crippen LogP contribution >= 0.6 is 0 Å². The fourth-order valence-corrected chi connectivity index (χ4v) is 3.14. The minimum Gasteiger partial charge on any atom is -0.344 e. The fraction of sp³-hybridized carbons (Fsp3) is 0.353. The molecule has 24 heavy (non-hydrogen) atoms. The molecule has 0 radical (unpaired) electrons. The van der Waals surface area contributed by atoms with Crippen molar-refractivity contribution in [2.24, 2.45) is 0 Å². The molecule has 1 atom stereocenters. The van der Waals surface area contributed by atoms with Crippen LogP contribution in [0.15, 0.2) is 42.6 Å². The van der Waals surface area contributed by atoms with Gasteiger partial charge in [-0.05, 0) is 44.5 Å². The van der Waals surface area contributed by atoms with Gasteiger partial charge < -0.3 is 9.88 Å². The highest BCUT2D eigenvalue weighted by atomic mass is 32.2. The molecule has 0 unspecified atom stereocenters. The largest absolute Gasteiger partial charge is 0.344 e. The number of para-hydroxylation sites is 1. The quantitative estimate of drug-likeness (QED) is 0.841. The van der Waals surface area contributed by atoms with Crippen LogP contribution in [-0.4, -0.2) is 25.1 Å². The van der Waals surface area contributed by atoms with Gasteiger partial charge in [-0.15, -0.1) is 0 Å². The maximum atomic E-state index is 12.5. The second-order valence-electron chi connectivity index (χ2n) is 6.05. The molecule has 0 bridgehead atoms. The van der Waals surface area contributed by atoms with E-state index in [4.69, 9.17) is 0 Å². The normalized spacial score (nSPS) is 12.9. The van der Waals surface area contributed by atoms with E-state index in [-0.39, 0.29) is 18.0 Å². The summed E-state index contributed by atoms with van der Waals surface area (Å²) in [6, 6.07) is 10.4. The van der Waals surface area contributed by atoms with E-state index in [1.54, 1.807) is 24.3 Å². The van der Waals surface area contributed by atoms with Crippen LogP contribution in [0.2, 0.25) is 0 Å². The van der Waals surface area contributed by atoms with Crippen LogP contribution < -0.4 is 10.0 Å². The molecule has 0 fully saturated rings. The Labute approximate surface area is 142 Å². The maximum absolute atomic E-state index is 12.5. The molecule has 2 rings (SSSR count). The SMILES string of the molecule is CC(C)n1cccc1C(=O)N[C@H](C)c1ccccc1NS(C)(=O)=O. The monoisotopic (exact) mass is 349 g/mol. The zero-order valence-electron chi connectivity index (χ0n) is 14.3. The minimum absolute atomic E-state index is 0.176. The summed E-state index contributed by atoms with van der Waals surface area (Å²) in [7, 11) is -3.39. The Morgan fingerprint density at radius 3 is 2.38 bits per heavy atom. The molecule has 0 saturated carbocycles. The first-order chi connectivity index (χ1) is 11.2. The predicted molar refractivity (Wildman–Crippen MR) is 95.6 cm³/mol. The molecule has 1 amide bonds. The molecule has 130 valence electrons. The smallest absolute Gasteiger partial charge is 0.268 e. The lowest BCUT2D eigenvalue weighted by atomic mass is 10.1. The Kier molecular flexibility index (Phi) is 5.33. The summed E-state index contributed by atoms with van der Waals surface area (Å²) in [5.41, 5.74) is 1.75. The van der Waals surface area contributed by atoms with Gasteiger partial charge in [-0.25, -0.2) is 8.42 Å². The summed E-state index contributed by atoms with van der Waals surface area (Å²) in [5, 5.41) is 2.93. The second-order valence-corrected chi connectivity index (χ2v) is 7.80. The summed E-state index contributed by atoms with van der Waals surface area (Å²) >= 11 is 0. The lowest BCUT2D eigenvalue weighted by Gasteiger charge is -2.19. The predicted octanol–water partition coefficient (Wildman–Crippen LogP) is 2.93. The summed E-state index contributed by atoms with van der Waals surface area (Å²) in [6.45, 7) is 5.83. The van der Waals surface area contributed by atoms with E-state index in [0.717, 1.165) is 6.26 Å². The number of anilines is 1. The third kappa shape index (κ3) is 4.38. The second kappa shape index (κ2) is 7.09. The molecule has 0 saturated heterocycles. The average molecular weight is 349 g/mol. The van der Waals surface area contributed by atoms with E-state index in [1.807, 2.05) is 43.7 Å². The van der Waals surface area contributed by atoms with E-state index in [2.05, 4.69) is 10.0 Å². The van der Waals surface area contributed by atoms with Gasteiger partial charge in [0.1, 0.15) is 5.69 Å². The first kappa shape index (κ1) is 18.1. The van der Waals surface area contributed by atoms with Crippen molar-refractivity contribution in [3.05, 3.63) is 53.9 Å². The van der Waals surface area contributed by atoms with Gasteiger partial charge in [-0.1, -0.05) is 18.2 Å². The Morgan fingerprint density at radius 1 is 1.08 bits per heavy atom. The Bertz CT molecular complexity index is 825. The van der Waals surface area contributed by atoms with Gasteiger partial charge >= 0.3 is 0 Å². The van der Waals surface area contributed by atoms with E-state index < -0.39 is 10.0 Å². The average Bonchev–Trinajstić information content (AvgIpc) is 2.95. The van der Waals surface area contributed by atoms with Gasteiger partial charge in [0.05, 0.1) is 18.0 Å². The van der Waals surface area contributed by atoms with Crippen molar-refractivity contribution in [1.29, 1.82) is 0 Å². The first-order valence-electron chi connectivity index (χ1n) is 7.73. The summed E-state index contributed by atoms with van der Waals surface area (Å²) in [5.74, 6) is -0.199. The van der Waals surface area contributed by atoms with Crippen molar-refractivity contribution in [1.82, 2.24) is 9.88 Å². The summed E-state index contributed by atoms with van der Waals surface area (Å²) < 4.78 is 27.4. The number of nitrogens with zero attached hydrogens (tertiary/aromatic N) is 1. The lowest BCUT2D eigenvalue weighted by Crippen LogP contribution is -2.29.